The first-order valence-electron chi connectivity index (χ1n) is 8.29. The number of carbonyl (C=O) groups excluding carboxylic acids is 2. The van der Waals surface area contributed by atoms with Gasteiger partial charge in [0.1, 0.15) is 13.1 Å². The molecule has 0 spiro atoms. The van der Waals surface area contributed by atoms with Crippen molar-refractivity contribution in [2.75, 3.05) is 27.2 Å². The number of amides is 3. The van der Waals surface area contributed by atoms with E-state index >= 15 is 0 Å². The van der Waals surface area contributed by atoms with E-state index in [0.717, 1.165) is 16.2 Å². The molecule has 8 nitrogen and oxygen atoms in total. The van der Waals surface area contributed by atoms with Crippen molar-refractivity contribution in [2.45, 2.75) is 33.7 Å². The Bertz CT molecular complexity index is 770. The maximum absolute atomic E-state index is 12.8. The highest BCUT2D eigenvalue weighted by atomic mass is 16.2. The van der Waals surface area contributed by atoms with E-state index in [-0.39, 0.29) is 17.4 Å². The van der Waals surface area contributed by atoms with Gasteiger partial charge in [0.25, 0.3) is 5.91 Å². The maximum atomic E-state index is 12.8. The number of aliphatic imine (C=N–C) groups is 1. The molecule has 134 valence electrons. The van der Waals surface area contributed by atoms with Gasteiger partial charge in [0.2, 0.25) is 11.9 Å². The van der Waals surface area contributed by atoms with E-state index in [2.05, 4.69) is 32.3 Å². The molecule has 1 atom stereocenters. The molecule has 3 heterocycles. The first kappa shape index (κ1) is 17.3. The molecule has 0 N–H and O–H groups in total. The van der Waals surface area contributed by atoms with E-state index < -0.39 is 6.04 Å². The molecular weight excluding hydrogens is 320 g/mol. The zero-order valence-corrected chi connectivity index (χ0v) is 15.7. The standard InChI is InChI=1S/C17H25N6O2/c1-10(2)8-23-15-18-13-12(14(24)21(7)16(25)20(13)6)22(15)9-11(19-23)17(3,4)5/h12H,1,8-9H2,2-7H3/q+1. The van der Waals surface area contributed by atoms with Gasteiger partial charge >= 0.3 is 12.0 Å². The smallest absolute Gasteiger partial charge is 0.270 e. The van der Waals surface area contributed by atoms with E-state index in [1.54, 1.807) is 12.1 Å². The van der Waals surface area contributed by atoms with Gasteiger partial charge in [-0.05, 0) is 12.5 Å². The predicted molar refractivity (Wildman–Crippen MR) is 95.7 cm³/mol. The van der Waals surface area contributed by atoms with Gasteiger partial charge in [-0.15, -0.1) is 10.1 Å². The SMILES string of the molecule is C=C(C)CN1N=C(C(C)(C)C)C[N+]2=C1N=C1C2C(=O)N(C)C(=O)N1C. The lowest BCUT2D eigenvalue weighted by Crippen LogP contribution is -2.62. The molecule has 0 aromatic carbocycles. The van der Waals surface area contributed by atoms with Crippen LogP contribution in [0.4, 0.5) is 4.79 Å². The lowest BCUT2D eigenvalue weighted by Gasteiger charge is -2.33. The van der Waals surface area contributed by atoms with Crippen molar-refractivity contribution >= 4 is 29.4 Å². The highest BCUT2D eigenvalue weighted by Crippen LogP contribution is 2.26. The summed E-state index contributed by atoms with van der Waals surface area (Å²) in [6.45, 7) is 13.2. The van der Waals surface area contributed by atoms with Gasteiger partial charge in [-0.25, -0.2) is 9.37 Å². The summed E-state index contributed by atoms with van der Waals surface area (Å²) in [6.07, 6.45) is 0. The molecule has 3 aliphatic rings. The molecule has 0 radical (unpaired) electrons. The van der Waals surface area contributed by atoms with Crippen molar-refractivity contribution < 1.29 is 14.2 Å². The number of hydrogen-bond acceptors (Lipinski definition) is 5. The Morgan fingerprint density at radius 2 is 1.92 bits per heavy atom. The van der Waals surface area contributed by atoms with Gasteiger partial charge < -0.3 is 0 Å². The molecule has 0 aliphatic carbocycles. The van der Waals surface area contributed by atoms with Crippen LogP contribution < -0.4 is 0 Å². The van der Waals surface area contributed by atoms with Gasteiger partial charge in [-0.1, -0.05) is 32.3 Å². The van der Waals surface area contributed by atoms with E-state index in [0.29, 0.717) is 24.9 Å². The van der Waals surface area contributed by atoms with Crippen molar-refractivity contribution in [1.29, 1.82) is 0 Å². The number of hydrazone groups is 1. The molecule has 0 aromatic rings. The minimum Gasteiger partial charge on any atom is -0.270 e. The van der Waals surface area contributed by atoms with Crippen LogP contribution in [0.15, 0.2) is 22.2 Å². The molecule has 1 saturated heterocycles. The highest BCUT2D eigenvalue weighted by Gasteiger charge is 2.54. The van der Waals surface area contributed by atoms with Crippen LogP contribution in [0.1, 0.15) is 27.7 Å². The van der Waals surface area contributed by atoms with Crippen LogP contribution in [0.5, 0.6) is 0 Å². The minimum absolute atomic E-state index is 0.146. The average Bonchev–Trinajstić information content (AvgIpc) is 2.89. The third-order valence-corrected chi connectivity index (χ3v) is 4.59. The summed E-state index contributed by atoms with van der Waals surface area (Å²) in [7, 11) is 3.15. The van der Waals surface area contributed by atoms with Crippen LogP contribution in [-0.4, -0.2) is 82.1 Å². The summed E-state index contributed by atoms with van der Waals surface area (Å²) in [4.78, 5) is 32.2. The zero-order chi connectivity index (χ0) is 18.7. The number of nitrogens with zero attached hydrogens (tertiary/aromatic N) is 6. The summed E-state index contributed by atoms with van der Waals surface area (Å²) in [6, 6.07) is -0.966. The second kappa shape index (κ2) is 5.50. The van der Waals surface area contributed by atoms with Crippen molar-refractivity contribution in [3.8, 4) is 0 Å². The molecule has 3 amide bonds. The fraction of sp³-hybridized carbons (Fsp3) is 0.588. The molecule has 0 aromatic heterocycles. The Balaban J connectivity index is 2.08. The molecular formula is C17H25N6O2+. The van der Waals surface area contributed by atoms with Crippen molar-refractivity contribution in [1.82, 2.24) is 14.8 Å². The topological polar surface area (TPSA) is 71.6 Å². The number of guanidine groups is 1. The van der Waals surface area contributed by atoms with Crippen LogP contribution >= 0.6 is 0 Å². The first-order chi connectivity index (χ1) is 11.5. The molecule has 0 bridgehead atoms. The van der Waals surface area contributed by atoms with Crippen molar-refractivity contribution in [3.05, 3.63) is 12.2 Å². The number of likely N-dealkylation sites (N-methyl/N-ethyl adjacent to an activating group) is 2. The second-order valence-electron chi connectivity index (χ2n) is 7.85. The Morgan fingerprint density at radius 1 is 1.28 bits per heavy atom. The van der Waals surface area contributed by atoms with Crippen LogP contribution in [0.2, 0.25) is 0 Å². The first-order valence-corrected chi connectivity index (χ1v) is 8.29. The van der Waals surface area contributed by atoms with Crippen molar-refractivity contribution in [2.24, 2.45) is 15.5 Å². The fourth-order valence-electron chi connectivity index (χ4n) is 3.09. The molecule has 3 rings (SSSR count). The van der Waals surface area contributed by atoms with Gasteiger partial charge in [0, 0.05) is 19.5 Å². The van der Waals surface area contributed by atoms with E-state index in [1.807, 2.05) is 11.5 Å². The van der Waals surface area contributed by atoms with Gasteiger partial charge in [0.05, 0.1) is 5.71 Å². The summed E-state index contributed by atoms with van der Waals surface area (Å²) in [5.74, 6) is 0.793. The molecule has 1 unspecified atom stereocenters. The normalized spacial score (nSPS) is 23.6. The van der Waals surface area contributed by atoms with Gasteiger partial charge in [0.15, 0.2) is 0 Å². The number of amidine groups is 1. The summed E-state index contributed by atoms with van der Waals surface area (Å²) in [5.41, 5.74) is 1.76. The van der Waals surface area contributed by atoms with Crippen LogP contribution in [0.3, 0.4) is 0 Å². The average molecular weight is 345 g/mol. The number of urea groups is 1. The number of imide groups is 1. The summed E-state index contributed by atoms with van der Waals surface area (Å²) >= 11 is 0. The Hall–Kier alpha value is -2.51. The van der Waals surface area contributed by atoms with E-state index in [1.165, 1.54) is 11.9 Å². The predicted octanol–water partition coefficient (Wildman–Crippen LogP) is 0.953. The van der Waals surface area contributed by atoms with Crippen molar-refractivity contribution in [3.63, 3.8) is 0 Å². The Labute approximate surface area is 147 Å². The molecule has 8 heteroatoms. The van der Waals surface area contributed by atoms with E-state index in [4.69, 9.17) is 5.10 Å². The summed E-state index contributed by atoms with van der Waals surface area (Å²) in [5, 5.41) is 6.54. The van der Waals surface area contributed by atoms with Gasteiger partial charge in [-0.3, -0.25) is 14.6 Å². The summed E-state index contributed by atoms with van der Waals surface area (Å²) < 4.78 is 1.94. The Morgan fingerprint density at radius 3 is 2.48 bits per heavy atom. The highest BCUT2D eigenvalue weighted by molar-refractivity contribution is 6.23. The minimum atomic E-state index is -0.594. The number of rotatable bonds is 2. The van der Waals surface area contributed by atoms with Crippen LogP contribution in [0, 0.1) is 5.41 Å². The third kappa shape index (κ3) is 2.65. The van der Waals surface area contributed by atoms with Gasteiger partial charge in [-0.2, -0.15) is 0 Å². The molecule has 0 saturated carbocycles. The molecule has 25 heavy (non-hydrogen) atoms. The Kier molecular flexibility index (Phi) is 3.81. The van der Waals surface area contributed by atoms with E-state index in [9.17, 15) is 9.59 Å². The van der Waals surface area contributed by atoms with Crippen LogP contribution in [-0.2, 0) is 4.79 Å². The molecule has 1 fully saturated rings. The maximum Gasteiger partial charge on any atom is 0.417 e. The lowest BCUT2D eigenvalue weighted by molar-refractivity contribution is -0.528. The lowest BCUT2D eigenvalue weighted by atomic mass is 9.89. The quantitative estimate of drug-likeness (QED) is 0.553. The zero-order valence-electron chi connectivity index (χ0n) is 15.7. The number of hydrogen-bond donors (Lipinski definition) is 0. The fourth-order valence-corrected chi connectivity index (χ4v) is 3.09. The number of carbonyl (C=O) groups is 2. The number of fused-ring (bicyclic) bond motifs is 2. The second-order valence-corrected chi connectivity index (χ2v) is 7.85. The van der Waals surface area contributed by atoms with Crippen LogP contribution in [0.25, 0.3) is 0 Å². The third-order valence-electron chi connectivity index (χ3n) is 4.59. The largest absolute Gasteiger partial charge is 0.417 e. The monoisotopic (exact) mass is 345 g/mol. The molecule has 3 aliphatic heterocycles.